The van der Waals surface area contributed by atoms with E-state index in [9.17, 15) is 19.3 Å². The predicted molar refractivity (Wildman–Crippen MR) is 81.5 cm³/mol. The summed E-state index contributed by atoms with van der Waals surface area (Å²) in [7, 11) is 0. The third-order valence-corrected chi connectivity index (χ3v) is 3.15. The van der Waals surface area contributed by atoms with Crippen LogP contribution in [0, 0.1) is 15.9 Å². The van der Waals surface area contributed by atoms with Gasteiger partial charge in [0, 0.05) is 6.07 Å². The van der Waals surface area contributed by atoms with Crippen LogP contribution in [0.4, 0.5) is 10.1 Å². The Morgan fingerprint density at radius 2 is 2.00 bits per heavy atom. The van der Waals surface area contributed by atoms with Crippen LogP contribution in [0.2, 0.25) is 0 Å². The first kappa shape index (κ1) is 16.4. The van der Waals surface area contributed by atoms with Gasteiger partial charge in [0.05, 0.1) is 17.0 Å². The number of hydrogen-bond acceptors (Lipinski definition) is 4. The van der Waals surface area contributed by atoms with Crippen molar-refractivity contribution in [2.45, 2.75) is 13.0 Å². The Morgan fingerprint density at radius 1 is 1.30 bits per heavy atom. The average Bonchev–Trinajstić information content (AvgIpc) is 2.53. The van der Waals surface area contributed by atoms with Gasteiger partial charge in [0.25, 0.3) is 11.6 Å². The lowest BCUT2D eigenvalue weighted by molar-refractivity contribution is -0.384. The maximum atomic E-state index is 12.9. The van der Waals surface area contributed by atoms with E-state index in [2.05, 4.69) is 5.32 Å². The zero-order chi connectivity index (χ0) is 16.8. The van der Waals surface area contributed by atoms with Gasteiger partial charge in [-0.3, -0.25) is 14.9 Å². The highest BCUT2D eigenvalue weighted by Gasteiger charge is 2.11. The van der Waals surface area contributed by atoms with Crippen LogP contribution in [0.3, 0.4) is 0 Å². The number of halogens is 1. The van der Waals surface area contributed by atoms with Crippen LogP contribution in [0.1, 0.15) is 18.5 Å². The summed E-state index contributed by atoms with van der Waals surface area (Å²) < 4.78 is 18.1. The number of nitrogens with zero attached hydrogens (tertiary/aromatic N) is 1. The van der Waals surface area contributed by atoms with Crippen molar-refractivity contribution in [3.8, 4) is 5.75 Å². The number of hydrogen-bond donors (Lipinski definition) is 1. The number of non-ortho nitro benzene ring substituents is 1. The lowest BCUT2D eigenvalue weighted by Crippen LogP contribution is -2.31. The predicted octanol–water partition coefficient (Wildman–Crippen LogP) is 2.99. The Kier molecular flexibility index (Phi) is 5.24. The van der Waals surface area contributed by atoms with Crippen LogP contribution in [0.5, 0.6) is 5.75 Å². The summed E-state index contributed by atoms with van der Waals surface area (Å²) in [5.41, 5.74) is 0.651. The van der Waals surface area contributed by atoms with Gasteiger partial charge in [-0.15, -0.1) is 0 Å². The van der Waals surface area contributed by atoms with Crippen molar-refractivity contribution in [1.29, 1.82) is 0 Å². The van der Waals surface area contributed by atoms with Crippen LogP contribution in [-0.4, -0.2) is 17.4 Å². The van der Waals surface area contributed by atoms with Gasteiger partial charge in [-0.2, -0.15) is 0 Å². The first-order valence-corrected chi connectivity index (χ1v) is 6.88. The highest BCUT2D eigenvalue weighted by atomic mass is 19.1. The lowest BCUT2D eigenvalue weighted by atomic mass is 10.1. The maximum absolute atomic E-state index is 12.9. The molecule has 2 aromatic carbocycles. The van der Waals surface area contributed by atoms with Gasteiger partial charge in [0.15, 0.2) is 6.61 Å². The molecule has 120 valence electrons. The lowest BCUT2D eigenvalue weighted by Gasteiger charge is -2.14. The number of nitrogens with one attached hydrogen (secondary N) is 1. The van der Waals surface area contributed by atoms with Crippen molar-refractivity contribution >= 4 is 11.6 Å². The molecule has 0 saturated heterocycles. The molecule has 1 amide bonds. The van der Waals surface area contributed by atoms with E-state index in [4.69, 9.17) is 4.74 Å². The van der Waals surface area contributed by atoms with E-state index in [1.54, 1.807) is 19.1 Å². The minimum Gasteiger partial charge on any atom is -0.484 e. The van der Waals surface area contributed by atoms with Gasteiger partial charge >= 0.3 is 0 Å². The van der Waals surface area contributed by atoms with E-state index < -0.39 is 4.92 Å². The molecular formula is C16H15FN2O4. The summed E-state index contributed by atoms with van der Waals surface area (Å²) in [4.78, 5) is 22.0. The number of nitro groups is 1. The van der Waals surface area contributed by atoms with E-state index in [1.807, 2.05) is 0 Å². The second-order valence-electron chi connectivity index (χ2n) is 4.88. The van der Waals surface area contributed by atoms with Crippen molar-refractivity contribution in [1.82, 2.24) is 5.32 Å². The molecule has 0 aliphatic heterocycles. The number of benzene rings is 2. The molecule has 6 nitrogen and oxygen atoms in total. The Morgan fingerprint density at radius 3 is 2.65 bits per heavy atom. The molecule has 0 fully saturated rings. The van der Waals surface area contributed by atoms with Gasteiger partial charge in [0.2, 0.25) is 0 Å². The van der Waals surface area contributed by atoms with E-state index in [0.29, 0.717) is 0 Å². The molecular weight excluding hydrogens is 303 g/mol. The first-order chi connectivity index (χ1) is 11.0. The highest BCUT2D eigenvalue weighted by molar-refractivity contribution is 5.78. The molecule has 2 rings (SSSR count). The van der Waals surface area contributed by atoms with Crippen LogP contribution >= 0.6 is 0 Å². The normalized spacial score (nSPS) is 11.6. The molecule has 0 aliphatic rings. The van der Waals surface area contributed by atoms with E-state index >= 15 is 0 Å². The first-order valence-electron chi connectivity index (χ1n) is 6.88. The van der Waals surface area contributed by atoms with Crippen molar-refractivity contribution in [3.05, 3.63) is 70.0 Å². The van der Waals surface area contributed by atoms with Crippen molar-refractivity contribution in [2.75, 3.05) is 6.61 Å². The summed E-state index contributed by atoms with van der Waals surface area (Å²) in [5, 5.41) is 13.4. The van der Waals surface area contributed by atoms with Gasteiger partial charge in [-0.05, 0) is 30.7 Å². The van der Waals surface area contributed by atoms with Gasteiger partial charge < -0.3 is 10.1 Å². The Labute approximate surface area is 132 Å². The molecule has 0 spiro atoms. The number of carbonyl (C=O) groups is 1. The van der Waals surface area contributed by atoms with Crippen LogP contribution < -0.4 is 10.1 Å². The number of carbonyl (C=O) groups excluding carboxylic acids is 1. The molecule has 0 aliphatic carbocycles. The van der Waals surface area contributed by atoms with Crippen LogP contribution in [0.25, 0.3) is 0 Å². The molecule has 0 saturated carbocycles. The fourth-order valence-electron chi connectivity index (χ4n) is 1.95. The second-order valence-corrected chi connectivity index (χ2v) is 4.88. The van der Waals surface area contributed by atoms with Gasteiger partial charge in [-0.25, -0.2) is 4.39 Å². The topological polar surface area (TPSA) is 81.5 Å². The van der Waals surface area contributed by atoms with E-state index in [1.165, 1.54) is 36.4 Å². The second kappa shape index (κ2) is 7.35. The Bertz CT molecular complexity index is 703. The largest absolute Gasteiger partial charge is 0.484 e. The quantitative estimate of drug-likeness (QED) is 0.656. The summed E-state index contributed by atoms with van der Waals surface area (Å²) >= 11 is 0. The van der Waals surface area contributed by atoms with Crippen molar-refractivity contribution < 1.29 is 18.8 Å². The van der Waals surface area contributed by atoms with Crippen LogP contribution in [0.15, 0.2) is 48.5 Å². The molecule has 7 heteroatoms. The van der Waals surface area contributed by atoms with E-state index in [-0.39, 0.29) is 35.8 Å². The average molecular weight is 318 g/mol. The fourth-order valence-corrected chi connectivity index (χ4v) is 1.95. The summed E-state index contributed by atoms with van der Waals surface area (Å²) in [5.74, 6) is -0.488. The molecule has 0 radical (unpaired) electrons. The van der Waals surface area contributed by atoms with Crippen LogP contribution in [-0.2, 0) is 4.79 Å². The smallest absolute Gasteiger partial charge is 0.273 e. The molecule has 1 N–H and O–H groups in total. The Hall–Kier alpha value is -2.96. The monoisotopic (exact) mass is 318 g/mol. The van der Waals surface area contributed by atoms with Crippen molar-refractivity contribution in [2.24, 2.45) is 0 Å². The van der Waals surface area contributed by atoms with Gasteiger partial charge in [-0.1, -0.05) is 18.2 Å². The van der Waals surface area contributed by atoms with Gasteiger partial charge in [0.1, 0.15) is 11.6 Å². The zero-order valence-corrected chi connectivity index (χ0v) is 12.4. The standard InChI is InChI=1S/C16H15FN2O4/c1-11(12-5-7-13(17)8-6-12)18-16(20)10-23-15-4-2-3-14(9-15)19(21)22/h2-9,11H,10H2,1H3,(H,18,20)/t11-/m0/s1. The fraction of sp³-hybridized carbons (Fsp3) is 0.188. The van der Waals surface area contributed by atoms with Crippen molar-refractivity contribution in [3.63, 3.8) is 0 Å². The molecule has 0 heterocycles. The number of ether oxygens (including phenoxy) is 1. The number of amides is 1. The molecule has 0 bridgehead atoms. The maximum Gasteiger partial charge on any atom is 0.273 e. The molecule has 2 aromatic rings. The minimum atomic E-state index is -0.538. The highest BCUT2D eigenvalue weighted by Crippen LogP contribution is 2.19. The summed E-state index contributed by atoms with van der Waals surface area (Å²) in [6.07, 6.45) is 0. The molecule has 23 heavy (non-hydrogen) atoms. The number of nitro benzene ring substituents is 1. The third-order valence-electron chi connectivity index (χ3n) is 3.15. The summed E-state index contributed by atoms with van der Waals surface area (Å²) in [6.45, 7) is 1.49. The Balaban J connectivity index is 1.88. The molecule has 0 unspecified atom stereocenters. The molecule has 0 aromatic heterocycles. The summed E-state index contributed by atoms with van der Waals surface area (Å²) in [6, 6.07) is 11.1. The minimum absolute atomic E-state index is 0.109. The third kappa shape index (κ3) is 4.77. The zero-order valence-electron chi connectivity index (χ0n) is 12.4. The number of rotatable bonds is 6. The SMILES string of the molecule is C[C@H](NC(=O)COc1cccc([N+](=O)[O-])c1)c1ccc(F)cc1. The van der Waals surface area contributed by atoms with E-state index in [0.717, 1.165) is 5.56 Å². The molecule has 1 atom stereocenters.